The van der Waals surface area contributed by atoms with Crippen LogP contribution in [0.3, 0.4) is 0 Å². The Morgan fingerprint density at radius 1 is 1.06 bits per heavy atom. The highest BCUT2D eigenvalue weighted by Gasteiger charge is 2.24. The van der Waals surface area contributed by atoms with Crippen LogP contribution in [0.5, 0.6) is 0 Å². The Morgan fingerprint density at radius 3 is 2.45 bits per heavy atom. The molecule has 5 rings (SSSR count). The second-order valence-corrected chi connectivity index (χ2v) is 8.72. The Morgan fingerprint density at radius 2 is 1.82 bits per heavy atom. The predicted molar refractivity (Wildman–Crippen MR) is 124 cm³/mol. The number of aromatic nitrogens is 6. The number of pyridine rings is 1. The zero-order valence-corrected chi connectivity index (χ0v) is 18.5. The van der Waals surface area contributed by atoms with E-state index in [0.717, 1.165) is 48.2 Å². The Kier molecular flexibility index (Phi) is 5.73. The van der Waals surface area contributed by atoms with Crippen molar-refractivity contribution < 1.29 is 9.90 Å². The molecule has 168 valence electrons. The number of aryl methyl sites for hydroxylation is 1. The van der Waals surface area contributed by atoms with Crippen molar-refractivity contribution in [2.75, 3.05) is 0 Å². The van der Waals surface area contributed by atoms with E-state index in [1.165, 1.54) is 5.56 Å². The minimum absolute atomic E-state index is 0.297. The first-order chi connectivity index (χ1) is 16.1. The summed E-state index contributed by atoms with van der Waals surface area (Å²) in [6.07, 6.45) is 7.92. The summed E-state index contributed by atoms with van der Waals surface area (Å²) in [7, 11) is 1.86. The van der Waals surface area contributed by atoms with E-state index in [9.17, 15) is 4.79 Å². The van der Waals surface area contributed by atoms with Crippen molar-refractivity contribution in [3.05, 3.63) is 60.4 Å². The van der Waals surface area contributed by atoms with E-state index in [1.54, 1.807) is 17.1 Å². The highest BCUT2D eigenvalue weighted by molar-refractivity contribution is 5.67. The van der Waals surface area contributed by atoms with Gasteiger partial charge in [0.25, 0.3) is 0 Å². The summed E-state index contributed by atoms with van der Waals surface area (Å²) in [5.41, 5.74) is 5.01. The third kappa shape index (κ3) is 4.55. The third-order valence-electron chi connectivity index (χ3n) is 6.56. The Bertz CT molecular complexity index is 1230. The molecule has 0 bridgehead atoms. The molecule has 0 saturated heterocycles. The number of H-pyrrole nitrogens is 1. The molecule has 33 heavy (non-hydrogen) atoms. The fraction of sp³-hybridized carbons (Fsp3) is 0.320. The largest absolute Gasteiger partial charge is 0.481 e. The lowest BCUT2D eigenvalue weighted by Gasteiger charge is -2.28. The highest BCUT2D eigenvalue weighted by atomic mass is 16.4. The normalized spacial score (nSPS) is 18.3. The van der Waals surface area contributed by atoms with Gasteiger partial charge in [0.05, 0.1) is 5.69 Å². The molecule has 1 aliphatic carbocycles. The summed E-state index contributed by atoms with van der Waals surface area (Å²) < 4.78 is 1.75. The molecule has 8 heteroatoms. The van der Waals surface area contributed by atoms with Gasteiger partial charge in [-0.2, -0.15) is 10.2 Å². The van der Waals surface area contributed by atoms with Crippen LogP contribution in [0.1, 0.15) is 43.6 Å². The van der Waals surface area contributed by atoms with Gasteiger partial charge in [-0.05, 0) is 61.3 Å². The number of carboxylic acids is 1. The fourth-order valence-corrected chi connectivity index (χ4v) is 4.68. The van der Waals surface area contributed by atoms with E-state index < -0.39 is 5.97 Å². The zero-order chi connectivity index (χ0) is 22.8. The van der Waals surface area contributed by atoms with Gasteiger partial charge in [-0.25, -0.2) is 4.98 Å². The SMILES string of the molecule is Cn1nccc1-c1nc(-c2ccc(-c3ccc(C4CCC(CC(=O)O)CC4)cc3)nc2)n[nH]1. The van der Waals surface area contributed by atoms with E-state index in [2.05, 4.69) is 49.5 Å². The molecule has 0 aliphatic heterocycles. The van der Waals surface area contributed by atoms with Gasteiger partial charge < -0.3 is 5.11 Å². The molecule has 0 unspecified atom stereocenters. The summed E-state index contributed by atoms with van der Waals surface area (Å²) in [5, 5.41) is 20.5. The topological polar surface area (TPSA) is 110 Å². The van der Waals surface area contributed by atoms with Gasteiger partial charge in [0.15, 0.2) is 11.6 Å². The first kappa shape index (κ1) is 21.1. The Balaban J connectivity index is 1.25. The number of hydrogen-bond donors (Lipinski definition) is 2. The highest BCUT2D eigenvalue weighted by Crippen LogP contribution is 2.37. The van der Waals surface area contributed by atoms with Crippen LogP contribution < -0.4 is 0 Å². The Hall–Kier alpha value is -3.81. The third-order valence-corrected chi connectivity index (χ3v) is 6.56. The summed E-state index contributed by atoms with van der Waals surface area (Å²) >= 11 is 0. The summed E-state index contributed by atoms with van der Waals surface area (Å²) in [5.74, 6) is 1.42. The molecule has 1 aliphatic rings. The molecular weight excluding hydrogens is 416 g/mol. The molecule has 3 heterocycles. The van der Waals surface area contributed by atoms with Gasteiger partial charge in [0.2, 0.25) is 0 Å². The van der Waals surface area contributed by atoms with Gasteiger partial charge in [0.1, 0.15) is 5.69 Å². The quantitative estimate of drug-likeness (QED) is 0.449. The maximum absolute atomic E-state index is 10.9. The molecule has 3 aromatic heterocycles. The first-order valence-electron chi connectivity index (χ1n) is 11.3. The second kappa shape index (κ2) is 8.97. The van der Waals surface area contributed by atoms with Crippen molar-refractivity contribution in [3.63, 3.8) is 0 Å². The van der Waals surface area contributed by atoms with E-state index in [1.807, 2.05) is 25.2 Å². The monoisotopic (exact) mass is 442 g/mol. The lowest BCUT2D eigenvalue weighted by molar-refractivity contribution is -0.138. The smallest absolute Gasteiger partial charge is 0.303 e. The number of nitrogens with one attached hydrogen (secondary N) is 1. The second-order valence-electron chi connectivity index (χ2n) is 8.72. The minimum atomic E-state index is -0.682. The number of benzene rings is 1. The van der Waals surface area contributed by atoms with Crippen molar-refractivity contribution in [2.45, 2.75) is 38.0 Å². The molecule has 1 saturated carbocycles. The minimum Gasteiger partial charge on any atom is -0.481 e. The first-order valence-corrected chi connectivity index (χ1v) is 11.3. The van der Waals surface area contributed by atoms with Gasteiger partial charge in [-0.3, -0.25) is 19.6 Å². The summed E-state index contributed by atoms with van der Waals surface area (Å²) in [4.78, 5) is 20.1. The molecule has 8 nitrogen and oxygen atoms in total. The number of rotatable bonds is 6. The van der Waals surface area contributed by atoms with Gasteiger partial charge in [-0.15, -0.1) is 0 Å². The molecular formula is C25H26N6O2. The van der Waals surface area contributed by atoms with Crippen LogP contribution in [-0.4, -0.2) is 41.0 Å². The zero-order valence-electron chi connectivity index (χ0n) is 18.5. The average Bonchev–Trinajstić information content (AvgIpc) is 3.48. The van der Waals surface area contributed by atoms with Crippen LogP contribution in [0.25, 0.3) is 34.2 Å². The van der Waals surface area contributed by atoms with Crippen LogP contribution in [0.15, 0.2) is 54.9 Å². The van der Waals surface area contributed by atoms with E-state index in [0.29, 0.717) is 29.9 Å². The van der Waals surface area contributed by atoms with E-state index in [-0.39, 0.29) is 0 Å². The maximum Gasteiger partial charge on any atom is 0.303 e. The fourth-order valence-electron chi connectivity index (χ4n) is 4.68. The lowest BCUT2D eigenvalue weighted by Crippen LogP contribution is -2.16. The van der Waals surface area contributed by atoms with E-state index in [4.69, 9.17) is 5.11 Å². The standard InChI is InChI=1S/C25H26N6O2/c1-31-22(12-13-27-31)25-28-24(29-30-25)20-10-11-21(26-15-20)19-8-6-18(7-9-19)17-4-2-16(3-5-17)14-23(32)33/h6-13,15-17H,2-5,14H2,1H3,(H,32,33)(H,28,29,30). The number of carboxylic acid groups (broad SMARTS) is 1. The van der Waals surface area contributed by atoms with Crippen molar-refractivity contribution >= 4 is 5.97 Å². The number of nitrogens with zero attached hydrogens (tertiary/aromatic N) is 5. The summed E-state index contributed by atoms with van der Waals surface area (Å²) in [6.45, 7) is 0. The van der Waals surface area contributed by atoms with Crippen molar-refractivity contribution in [3.8, 4) is 34.2 Å². The molecule has 0 amide bonds. The molecule has 1 aromatic carbocycles. The number of carbonyl (C=O) groups is 1. The van der Waals surface area contributed by atoms with Crippen molar-refractivity contribution in [1.29, 1.82) is 0 Å². The van der Waals surface area contributed by atoms with Crippen LogP contribution in [0, 0.1) is 5.92 Å². The van der Waals surface area contributed by atoms with Gasteiger partial charge in [-0.1, -0.05) is 24.3 Å². The Labute approximate surface area is 191 Å². The average molecular weight is 443 g/mol. The lowest BCUT2D eigenvalue weighted by atomic mass is 9.77. The molecule has 1 fully saturated rings. The molecule has 0 spiro atoms. The van der Waals surface area contributed by atoms with Crippen molar-refractivity contribution in [2.24, 2.45) is 13.0 Å². The number of aromatic amines is 1. The number of hydrogen-bond acceptors (Lipinski definition) is 5. The van der Waals surface area contributed by atoms with E-state index >= 15 is 0 Å². The predicted octanol–water partition coefficient (Wildman–Crippen LogP) is 4.68. The van der Waals surface area contributed by atoms with Crippen LogP contribution >= 0.6 is 0 Å². The van der Waals surface area contributed by atoms with Crippen LogP contribution in [-0.2, 0) is 11.8 Å². The van der Waals surface area contributed by atoms with Crippen molar-refractivity contribution in [1.82, 2.24) is 29.9 Å². The number of aliphatic carboxylic acids is 1. The van der Waals surface area contributed by atoms with Crippen LogP contribution in [0.2, 0.25) is 0 Å². The van der Waals surface area contributed by atoms with Crippen LogP contribution in [0.4, 0.5) is 0 Å². The summed E-state index contributed by atoms with van der Waals surface area (Å²) in [6, 6.07) is 14.5. The molecule has 4 aromatic rings. The van der Waals surface area contributed by atoms with Gasteiger partial charge >= 0.3 is 5.97 Å². The van der Waals surface area contributed by atoms with Gasteiger partial charge in [0, 0.05) is 37.0 Å². The molecule has 0 radical (unpaired) electrons. The molecule has 2 N–H and O–H groups in total. The maximum atomic E-state index is 10.9. The molecule has 0 atom stereocenters.